The van der Waals surface area contributed by atoms with E-state index in [4.69, 9.17) is 4.74 Å². The average Bonchev–Trinajstić information content (AvgIpc) is 3.16. The van der Waals surface area contributed by atoms with Gasteiger partial charge in [0.05, 0.1) is 7.11 Å². The van der Waals surface area contributed by atoms with Gasteiger partial charge in [0.2, 0.25) is 5.01 Å². The predicted octanol–water partition coefficient (Wildman–Crippen LogP) is 4.11. The van der Waals surface area contributed by atoms with Crippen molar-refractivity contribution in [2.75, 3.05) is 20.2 Å². The Hall–Kier alpha value is -2.48. The van der Waals surface area contributed by atoms with Gasteiger partial charge in [0, 0.05) is 18.7 Å². The molecule has 8 heteroatoms. The van der Waals surface area contributed by atoms with E-state index in [1.807, 2.05) is 32.9 Å². The van der Waals surface area contributed by atoms with Gasteiger partial charge in [-0.1, -0.05) is 35.6 Å². The summed E-state index contributed by atoms with van der Waals surface area (Å²) in [5.41, 5.74) is 1.69. The Morgan fingerprint density at radius 3 is 2.32 bits per heavy atom. The number of rotatable bonds is 3. The lowest BCUT2D eigenvalue weighted by atomic mass is 9.89. The molecule has 1 aliphatic heterocycles. The molecule has 2 heterocycles. The van der Waals surface area contributed by atoms with Crippen LogP contribution in [0.1, 0.15) is 54.9 Å². The van der Waals surface area contributed by atoms with E-state index in [2.05, 4.69) is 27.1 Å². The number of esters is 1. The Morgan fingerprint density at radius 2 is 1.75 bits per heavy atom. The van der Waals surface area contributed by atoms with Crippen LogP contribution >= 0.6 is 11.3 Å². The highest BCUT2D eigenvalue weighted by Crippen LogP contribution is 2.31. The molecule has 1 aliphatic rings. The van der Waals surface area contributed by atoms with Crippen LogP contribution in [0.4, 0.5) is 4.79 Å². The first-order chi connectivity index (χ1) is 13.3. The number of piperidine rings is 1. The van der Waals surface area contributed by atoms with Crippen molar-refractivity contribution in [1.82, 2.24) is 15.1 Å². The van der Waals surface area contributed by atoms with Crippen LogP contribution < -0.4 is 0 Å². The zero-order chi connectivity index (χ0) is 20.3. The highest BCUT2D eigenvalue weighted by atomic mass is 32.1. The smallest absolute Gasteiger partial charge is 0.410 e. The Morgan fingerprint density at radius 1 is 1.11 bits per heavy atom. The lowest BCUT2D eigenvalue weighted by Crippen LogP contribution is -2.41. The average molecular weight is 404 g/mol. The number of likely N-dealkylation sites (tertiary alicyclic amines) is 1. The predicted molar refractivity (Wildman–Crippen MR) is 106 cm³/mol. The maximum Gasteiger partial charge on any atom is 0.410 e. The van der Waals surface area contributed by atoms with Crippen LogP contribution in [0.2, 0.25) is 0 Å². The van der Waals surface area contributed by atoms with Gasteiger partial charge in [-0.3, -0.25) is 0 Å². The standard InChI is InChI=1S/C20H25N3O4S/c1-20(2,3)27-19(25)23-11-9-14(10-12-23)13-5-7-15(8-6-13)16-21-22-17(28-16)18(24)26-4/h5-8,14H,9-12H2,1-4H3. The second-order valence-corrected chi connectivity index (χ2v) is 8.75. The zero-order valence-electron chi connectivity index (χ0n) is 16.6. The fourth-order valence-corrected chi connectivity index (χ4v) is 3.90. The summed E-state index contributed by atoms with van der Waals surface area (Å²) in [6.07, 6.45) is 1.58. The molecule has 1 aromatic heterocycles. The van der Waals surface area contributed by atoms with Crippen molar-refractivity contribution in [3.05, 3.63) is 34.8 Å². The minimum absolute atomic E-state index is 0.237. The molecule has 1 aromatic carbocycles. The number of hydrogen-bond donors (Lipinski definition) is 0. The molecule has 7 nitrogen and oxygen atoms in total. The fourth-order valence-electron chi connectivity index (χ4n) is 3.13. The number of carbonyl (C=O) groups excluding carboxylic acids is 2. The summed E-state index contributed by atoms with van der Waals surface area (Å²) in [5, 5.41) is 8.87. The molecule has 0 unspecified atom stereocenters. The van der Waals surface area contributed by atoms with E-state index < -0.39 is 11.6 Å². The maximum atomic E-state index is 12.2. The van der Waals surface area contributed by atoms with E-state index >= 15 is 0 Å². The van der Waals surface area contributed by atoms with E-state index in [0.717, 1.165) is 18.4 Å². The van der Waals surface area contributed by atoms with E-state index in [1.165, 1.54) is 24.0 Å². The summed E-state index contributed by atoms with van der Waals surface area (Å²) in [6.45, 7) is 7.03. The van der Waals surface area contributed by atoms with Gasteiger partial charge in [0.25, 0.3) is 0 Å². The maximum absolute atomic E-state index is 12.2. The van der Waals surface area contributed by atoms with Crippen LogP contribution in [0.15, 0.2) is 24.3 Å². The van der Waals surface area contributed by atoms with Crippen molar-refractivity contribution in [3.63, 3.8) is 0 Å². The Labute approximate surface area is 168 Å². The quantitative estimate of drug-likeness (QED) is 0.718. The summed E-state index contributed by atoms with van der Waals surface area (Å²) in [4.78, 5) is 25.5. The van der Waals surface area contributed by atoms with Crippen molar-refractivity contribution in [2.45, 2.75) is 45.1 Å². The van der Waals surface area contributed by atoms with E-state index in [9.17, 15) is 9.59 Å². The minimum atomic E-state index is -0.475. The number of nitrogens with zero attached hydrogens (tertiary/aromatic N) is 3. The topological polar surface area (TPSA) is 81.6 Å². The third-order valence-corrected chi connectivity index (χ3v) is 5.51. The number of methoxy groups -OCH3 is 1. The third kappa shape index (κ3) is 4.86. The Bertz CT molecular complexity index is 834. The SMILES string of the molecule is COC(=O)c1nnc(-c2ccc(C3CCN(C(=O)OC(C)(C)C)CC3)cc2)s1. The first kappa shape index (κ1) is 20.3. The van der Waals surface area contributed by atoms with E-state index in [-0.39, 0.29) is 11.1 Å². The molecular formula is C20H25N3O4S. The van der Waals surface area contributed by atoms with Crippen LogP contribution in [0.5, 0.6) is 0 Å². The fraction of sp³-hybridized carbons (Fsp3) is 0.500. The molecule has 0 radical (unpaired) electrons. The Balaban J connectivity index is 1.60. The number of aromatic nitrogens is 2. The number of amides is 1. The van der Waals surface area contributed by atoms with Crippen molar-refractivity contribution < 1.29 is 19.1 Å². The van der Waals surface area contributed by atoms with Crippen LogP contribution in [0.25, 0.3) is 10.6 Å². The molecule has 0 N–H and O–H groups in total. The van der Waals surface area contributed by atoms with E-state index in [1.54, 1.807) is 4.90 Å². The van der Waals surface area contributed by atoms with Crippen molar-refractivity contribution in [3.8, 4) is 10.6 Å². The van der Waals surface area contributed by atoms with Crippen LogP contribution in [-0.2, 0) is 9.47 Å². The highest BCUT2D eigenvalue weighted by Gasteiger charge is 2.27. The lowest BCUT2D eigenvalue weighted by molar-refractivity contribution is 0.0204. The van der Waals surface area contributed by atoms with Crippen molar-refractivity contribution in [1.29, 1.82) is 0 Å². The van der Waals surface area contributed by atoms with Crippen molar-refractivity contribution in [2.24, 2.45) is 0 Å². The second kappa shape index (κ2) is 8.26. The number of carbonyl (C=O) groups is 2. The van der Waals surface area contributed by atoms with Gasteiger partial charge in [-0.05, 0) is 45.1 Å². The Kier molecular flexibility index (Phi) is 5.98. The van der Waals surface area contributed by atoms with E-state index in [0.29, 0.717) is 24.0 Å². The minimum Gasteiger partial charge on any atom is -0.464 e. The number of ether oxygens (including phenoxy) is 2. The summed E-state index contributed by atoms with van der Waals surface area (Å²) in [7, 11) is 1.33. The molecular weight excluding hydrogens is 378 g/mol. The second-order valence-electron chi connectivity index (χ2n) is 7.77. The molecule has 0 saturated carbocycles. The molecule has 0 spiro atoms. The molecule has 28 heavy (non-hydrogen) atoms. The van der Waals surface area contributed by atoms with Crippen LogP contribution in [0, 0.1) is 0 Å². The normalized spacial score (nSPS) is 15.4. The van der Waals surface area contributed by atoms with Gasteiger partial charge in [-0.2, -0.15) is 0 Å². The van der Waals surface area contributed by atoms with Gasteiger partial charge in [-0.25, -0.2) is 9.59 Å². The van der Waals surface area contributed by atoms with Gasteiger partial charge in [0.1, 0.15) is 10.6 Å². The summed E-state index contributed by atoms with van der Waals surface area (Å²) >= 11 is 1.21. The van der Waals surface area contributed by atoms with Gasteiger partial charge in [0.15, 0.2) is 0 Å². The van der Waals surface area contributed by atoms with Gasteiger partial charge >= 0.3 is 12.1 Å². The van der Waals surface area contributed by atoms with Crippen molar-refractivity contribution >= 4 is 23.4 Å². The molecule has 0 atom stereocenters. The van der Waals surface area contributed by atoms with Crippen LogP contribution in [-0.4, -0.2) is 53.0 Å². The first-order valence-corrected chi connectivity index (χ1v) is 10.1. The molecule has 1 saturated heterocycles. The molecule has 0 bridgehead atoms. The third-order valence-electron chi connectivity index (χ3n) is 4.56. The molecule has 3 rings (SSSR count). The molecule has 1 fully saturated rings. The number of hydrogen-bond acceptors (Lipinski definition) is 7. The monoisotopic (exact) mass is 403 g/mol. The zero-order valence-corrected chi connectivity index (χ0v) is 17.4. The van der Waals surface area contributed by atoms with Gasteiger partial charge < -0.3 is 14.4 Å². The first-order valence-electron chi connectivity index (χ1n) is 9.27. The summed E-state index contributed by atoms with van der Waals surface area (Å²) < 4.78 is 10.1. The molecule has 1 amide bonds. The summed E-state index contributed by atoms with van der Waals surface area (Å²) in [6, 6.07) is 8.17. The molecule has 150 valence electrons. The lowest BCUT2D eigenvalue weighted by Gasteiger charge is -2.33. The highest BCUT2D eigenvalue weighted by molar-refractivity contribution is 7.16. The molecule has 2 aromatic rings. The summed E-state index contributed by atoms with van der Waals surface area (Å²) in [5.74, 6) is -0.0649. The van der Waals surface area contributed by atoms with Crippen LogP contribution in [0.3, 0.4) is 0 Å². The molecule has 0 aliphatic carbocycles. The van der Waals surface area contributed by atoms with Gasteiger partial charge in [-0.15, -0.1) is 10.2 Å². The number of benzene rings is 1. The largest absolute Gasteiger partial charge is 0.464 e.